The monoisotopic (exact) mass is 254 g/mol. The molecule has 0 saturated heterocycles. The van der Waals surface area contributed by atoms with Crippen molar-refractivity contribution in [3.05, 3.63) is 34.9 Å². The van der Waals surface area contributed by atoms with E-state index in [2.05, 4.69) is 31.3 Å². The lowest BCUT2D eigenvalue weighted by Gasteiger charge is -2.28. The molecular weight excluding hydrogens is 232 g/mol. The summed E-state index contributed by atoms with van der Waals surface area (Å²) in [6.07, 6.45) is 0. The first-order valence-corrected chi connectivity index (χ1v) is 6.45. The smallest absolute Gasteiger partial charge is 0.0406 e. The van der Waals surface area contributed by atoms with Crippen LogP contribution in [0.3, 0.4) is 0 Å². The van der Waals surface area contributed by atoms with Crippen LogP contribution in [0.1, 0.15) is 39.3 Å². The molecule has 0 aromatic heterocycles. The second-order valence-corrected chi connectivity index (χ2v) is 6.08. The van der Waals surface area contributed by atoms with Crippen LogP contribution in [0.15, 0.2) is 24.3 Å². The molecular formula is C14H23ClN2. The molecule has 3 heteroatoms. The maximum atomic E-state index is 6.00. The average molecular weight is 255 g/mol. The number of benzene rings is 1. The van der Waals surface area contributed by atoms with E-state index in [1.165, 1.54) is 5.56 Å². The van der Waals surface area contributed by atoms with E-state index < -0.39 is 0 Å². The van der Waals surface area contributed by atoms with Crippen molar-refractivity contribution in [3.8, 4) is 0 Å². The van der Waals surface area contributed by atoms with Gasteiger partial charge in [0.05, 0.1) is 0 Å². The average Bonchev–Trinajstić information content (AvgIpc) is 2.18. The van der Waals surface area contributed by atoms with Gasteiger partial charge in [-0.25, -0.2) is 0 Å². The number of nitrogens with one attached hydrogen (secondary N) is 1. The van der Waals surface area contributed by atoms with Crippen LogP contribution in [0.25, 0.3) is 0 Å². The van der Waals surface area contributed by atoms with Crippen LogP contribution in [0.4, 0.5) is 0 Å². The lowest BCUT2D eigenvalue weighted by molar-refractivity contribution is 0.363. The first kappa shape index (κ1) is 14.5. The second kappa shape index (κ2) is 5.85. The molecule has 1 rings (SSSR count). The molecule has 17 heavy (non-hydrogen) atoms. The Labute approximate surface area is 110 Å². The standard InChI is InChI=1S/C14H23ClN2/c1-10(2)13(17-9-14(3,4)16)11-5-7-12(15)8-6-11/h5-8,10,13,17H,9,16H2,1-4H3. The van der Waals surface area contributed by atoms with Crippen LogP contribution in [0, 0.1) is 5.92 Å². The van der Waals surface area contributed by atoms with Crippen molar-refractivity contribution in [2.75, 3.05) is 6.54 Å². The summed E-state index contributed by atoms with van der Waals surface area (Å²) in [5.74, 6) is 0.513. The molecule has 2 nitrogen and oxygen atoms in total. The number of hydrogen-bond donors (Lipinski definition) is 2. The Kier molecular flexibility index (Phi) is 4.99. The van der Waals surface area contributed by atoms with Crippen molar-refractivity contribution in [2.45, 2.75) is 39.3 Å². The molecule has 96 valence electrons. The van der Waals surface area contributed by atoms with E-state index in [0.29, 0.717) is 12.0 Å². The number of halogens is 1. The van der Waals surface area contributed by atoms with Gasteiger partial charge in [0.25, 0.3) is 0 Å². The fourth-order valence-electron chi connectivity index (χ4n) is 1.78. The minimum Gasteiger partial charge on any atom is -0.324 e. The van der Waals surface area contributed by atoms with Gasteiger partial charge < -0.3 is 11.1 Å². The Hall–Kier alpha value is -0.570. The summed E-state index contributed by atoms with van der Waals surface area (Å²) in [7, 11) is 0. The Morgan fingerprint density at radius 3 is 2.18 bits per heavy atom. The van der Waals surface area contributed by atoms with E-state index in [1.807, 2.05) is 26.0 Å². The van der Waals surface area contributed by atoms with E-state index in [0.717, 1.165) is 11.6 Å². The van der Waals surface area contributed by atoms with Gasteiger partial charge >= 0.3 is 0 Å². The van der Waals surface area contributed by atoms with Crippen molar-refractivity contribution >= 4 is 11.6 Å². The third-order valence-corrected chi connectivity index (χ3v) is 2.93. The van der Waals surface area contributed by atoms with Crippen molar-refractivity contribution in [1.29, 1.82) is 0 Å². The zero-order chi connectivity index (χ0) is 13.1. The lowest BCUT2D eigenvalue weighted by Crippen LogP contribution is -2.45. The fraction of sp³-hybridized carbons (Fsp3) is 0.571. The summed E-state index contributed by atoms with van der Waals surface area (Å²) in [5, 5.41) is 4.30. The van der Waals surface area contributed by atoms with Crippen LogP contribution in [0.2, 0.25) is 5.02 Å². The fourth-order valence-corrected chi connectivity index (χ4v) is 1.91. The molecule has 0 bridgehead atoms. The van der Waals surface area contributed by atoms with Crippen molar-refractivity contribution < 1.29 is 0 Å². The quantitative estimate of drug-likeness (QED) is 0.846. The number of nitrogens with two attached hydrogens (primary N) is 1. The van der Waals surface area contributed by atoms with Gasteiger partial charge in [0, 0.05) is 23.1 Å². The molecule has 0 aliphatic carbocycles. The minimum atomic E-state index is -0.195. The SMILES string of the molecule is CC(C)C(NCC(C)(C)N)c1ccc(Cl)cc1. The molecule has 0 spiro atoms. The van der Waals surface area contributed by atoms with Gasteiger partial charge in [-0.15, -0.1) is 0 Å². The predicted molar refractivity (Wildman–Crippen MR) is 75.3 cm³/mol. The van der Waals surface area contributed by atoms with Crippen molar-refractivity contribution in [3.63, 3.8) is 0 Å². The Balaban J connectivity index is 2.76. The van der Waals surface area contributed by atoms with Gasteiger partial charge in [-0.05, 0) is 37.5 Å². The summed E-state index contributed by atoms with van der Waals surface area (Å²) in [5.41, 5.74) is 7.07. The zero-order valence-electron chi connectivity index (χ0n) is 11.1. The molecule has 3 N–H and O–H groups in total. The van der Waals surface area contributed by atoms with Gasteiger partial charge in [0.15, 0.2) is 0 Å². The summed E-state index contributed by atoms with van der Waals surface area (Å²) in [6, 6.07) is 8.32. The Bertz CT molecular complexity index is 338. The lowest BCUT2D eigenvalue weighted by atomic mass is 9.95. The molecule has 1 aromatic rings. The highest BCUT2D eigenvalue weighted by Crippen LogP contribution is 2.23. The summed E-state index contributed by atoms with van der Waals surface area (Å²) >= 11 is 5.91. The summed E-state index contributed by atoms with van der Waals surface area (Å²) in [4.78, 5) is 0. The van der Waals surface area contributed by atoms with Gasteiger partial charge in [-0.2, -0.15) is 0 Å². The maximum Gasteiger partial charge on any atom is 0.0406 e. The molecule has 0 amide bonds. The van der Waals surface area contributed by atoms with E-state index in [1.54, 1.807) is 0 Å². The second-order valence-electron chi connectivity index (χ2n) is 5.64. The molecule has 0 aliphatic heterocycles. The Morgan fingerprint density at radius 2 is 1.76 bits per heavy atom. The van der Waals surface area contributed by atoms with Gasteiger partial charge in [-0.3, -0.25) is 0 Å². The Morgan fingerprint density at radius 1 is 1.24 bits per heavy atom. The highest BCUT2D eigenvalue weighted by molar-refractivity contribution is 6.30. The summed E-state index contributed by atoms with van der Waals surface area (Å²) < 4.78 is 0. The molecule has 0 heterocycles. The van der Waals surface area contributed by atoms with Crippen LogP contribution in [-0.4, -0.2) is 12.1 Å². The highest BCUT2D eigenvalue weighted by Gasteiger charge is 2.18. The van der Waals surface area contributed by atoms with Crippen molar-refractivity contribution in [2.24, 2.45) is 11.7 Å². The van der Waals surface area contributed by atoms with E-state index >= 15 is 0 Å². The van der Waals surface area contributed by atoms with Gasteiger partial charge in [0.2, 0.25) is 0 Å². The first-order valence-electron chi connectivity index (χ1n) is 6.07. The topological polar surface area (TPSA) is 38.0 Å². The number of rotatable bonds is 5. The third-order valence-electron chi connectivity index (χ3n) is 2.67. The van der Waals surface area contributed by atoms with E-state index in [9.17, 15) is 0 Å². The van der Waals surface area contributed by atoms with E-state index in [-0.39, 0.29) is 5.54 Å². The van der Waals surface area contributed by atoms with Crippen LogP contribution in [-0.2, 0) is 0 Å². The molecule has 0 fully saturated rings. The van der Waals surface area contributed by atoms with Crippen LogP contribution < -0.4 is 11.1 Å². The highest BCUT2D eigenvalue weighted by atomic mass is 35.5. The van der Waals surface area contributed by atoms with Gasteiger partial charge in [0.1, 0.15) is 0 Å². The van der Waals surface area contributed by atoms with Crippen LogP contribution in [0.5, 0.6) is 0 Å². The molecule has 0 aliphatic rings. The maximum absolute atomic E-state index is 6.00. The molecule has 1 unspecified atom stereocenters. The molecule has 0 radical (unpaired) electrons. The van der Waals surface area contributed by atoms with Crippen LogP contribution >= 0.6 is 11.6 Å². The third kappa shape index (κ3) is 5.07. The normalized spacial score (nSPS) is 14.1. The van der Waals surface area contributed by atoms with Gasteiger partial charge in [-0.1, -0.05) is 37.6 Å². The zero-order valence-corrected chi connectivity index (χ0v) is 11.9. The number of hydrogen-bond acceptors (Lipinski definition) is 2. The summed E-state index contributed by atoms with van der Waals surface area (Å²) in [6.45, 7) is 9.25. The minimum absolute atomic E-state index is 0.195. The largest absolute Gasteiger partial charge is 0.324 e. The van der Waals surface area contributed by atoms with Crippen molar-refractivity contribution in [1.82, 2.24) is 5.32 Å². The predicted octanol–water partition coefficient (Wildman–Crippen LogP) is 3.36. The molecule has 0 saturated carbocycles. The molecule has 1 atom stereocenters. The first-order chi connectivity index (χ1) is 7.79. The molecule has 1 aromatic carbocycles. The van der Waals surface area contributed by atoms with E-state index in [4.69, 9.17) is 17.3 Å².